The van der Waals surface area contributed by atoms with Gasteiger partial charge in [0.05, 0.1) is 0 Å². The molecule has 0 spiro atoms. The van der Waals surface area contributed by atoms with Crippen molar-refractivity contribution in [3.63, 3.8) is 0 Å². The second-order valence-corrected chi connectivity index (χ2v) is 5.29. The number of aromatic nitrogens is 1. The molecule has 0 aliphatic carbocycles. The predicted octanol–water partition coefficient (Wildman–Crippen LogP) is 0.567. The number of nitrogens with zero attached hydrogens (tertiary/aromatic N) is 2. The number of carboxylic acids is 1. The first kappa shape index (κ1) is 13.6. The number of carboxylic acid groups (broad SMARTS) is 1. The van der Waals surface area contributed by atoms with Gasteiger partial charge in [-0.1, -0.05) is 13.0 Å². The number of carbonyl (C=O) groups is 1. The summed E-state index contributed by atoms with van der Waals surface area (Å²) in [5.74, 6) is -1.18. The van der Waals surface area contributed by atoms with Crippen LogP contribution < -0.4 is 0 Å². The monoisotopic (exact) mass is 258 g/mol. The Labute approximate surface area is 100.0 Å². The largest absolute Gasteiger partial charge is 0.480 e. The van der Waals surface area contributed by atoms with Crippen molar-refractivity contribution >= 4 is 16.0 Å². The minimum atomic E-state index is -3.82. The zero-order chi connectivity index (χ0) is 12.9. The van der Waals surface area contributed by atoms with Crippen LogP contribution in [0.25, 0.3) is 0 Å². The summed E-state index contributed by atoms with van der Waals surface area (Å²) in [5.41, 5.74) is 0. The summed E-state index contributed by atoms with van der Waals surface area (Å²) in [6.07, 6.45) is 1.90. The van der Waals surface area contributed by atoms with Crippen molar-refractivity contribution in [2.45, 2.75) is 18.4 Å². The van der Waals surface area contributed by atoms with Gasteiger partial charge in [0, 0.05) is 12.7 Å². The number of sulfonamides is 1. The van der Waals surface area contributed by atoms with Crippen LogP contribution in [0, 0.1) is 0 Å². The molecule has 0 fully saturated rings. The van der Waals surface area contributed by atoms with Gasteiger partial charge in [-0.25, -0.2) is 13.4 Å². The first-order chi connectivity index (χ1) is 7.98. The van der Waals surface area contributed by atoms with Crippen LogP contribution in [0.1, 0.15) is 13.3 Å². The van der Waals surface area contributed by atoms with E-state index >= 15 is 0 Å². The Morgan fingerprint density at radius 2 is 2.18 bits per heavy atom. The van der Waals surface area contributed by atoms with E-state index in [0.717, 1.165) is 4.31 Å². The summed E-state index contributed by atoms with van der Waals surface area (Å²) in [6, 6.07) is 4.49. The average Bonchev–Trinajstić information content (AvgIpc) is 2.29. The smallest absolute Gasteiger partial charge is 0.318 e. The molecular weight excluding hydrogens is 244 g/mol. The molecule has 0 bridgehead atoms. The average molecular weight is 258 g/mol. The highest BCUT2D eigenvalue weighted by Crippen LogP contribution is 2.12. The zero-order valence-corrected chi connectivity index (χ0v) is 10.2. The summed E-state index contributed by atoms with van der Waals surface area (Å²) in [4.78, 5) is 14.4. The Hall–Kier alpha value is -1.47. The maximum Gasteiger partial charge on any atom is 0.318 e. The van der Waals surface area contributed by atoms with E-state index in [9.17, 15) is 13.2 Å². The summed E-state index contributed by atoms with van der Waals surface area (Å²) in [5, 5.41) is 8.56. The lowest BCUT2D eigenvalue weighted by Gasteiger charge is -2.18. The van der Waals surface area contributed by atoms with E-state index in [1.165, 1.54) is 12.3 Å². The normalized spacial score (nSPS) is 11.6. The molecule has 0 saturated heterocycles. The van der Waals surface area contributed by atoms with Crippen molar-refractivity contribution in [2.24, 2.45) is 0 Å². The molecule has 0 aliphatic heterocycles. The van der Waals surface area contributed by atoms with Crippen molar-refractivity contribution in [1.82, 2.24) is 9.29 Å². The molecule has 0 radical (unpaired) electrons. The number of hydrogen-bond acceptors (Lipinski definition) is 4. The highest BCUT2D eigenvalue weighted by molar-refractivity contribution is 7.89. The second kappa shape index (κ2) is 5.74. The number of aliphatic carboxylic acids is 1. The van der Waals surface area contributed by atoms with Crippen LogP contribution in [-0.4, -0.2) is 41.9 Å². The maximum absolute atomic E-state index is 12.1. The fourth-order valence-corrected chi connectivity index (χ4v) is 2.73. The third-order valence-electron chi connectivity index (χ3n) is 2.03. The van der Waals surface area contributed by atoms with Gasteiger partial charge in [0.25, 0.3) is 10.0 Å². The highest BCUT2D eigenvalue weighted by Gasteiger charge is 2.26. The highest BCUT2D eigenvalue weighted by atomic mass is 32.2. The molecule has 1 N–H and O–H groups in total. The van der Waals surface area contributed by atoms with Gasteiger partial charge in [0.15, 0.2) is 5.03 Å². The molecule has 1 aromatic heterocycles. The molecule has 1 rings (SSSR count). The molecule has 0 saturated carbocycles. The van der Waals surface area contributed by atoms with Gasteiger partial charge in [-0.3, -0.25) is 4.79 Å². The fourth-order valence-electron chi connectivity index (χ4n) is 1.32. The predicted molar refractivity (Wildman–Crippen MR) is 60.9 cm³/mol. The van der Waals surface area contributed by atoms with Crippen LogP contribution in [-0.2, 0) is 14.8 Å². The molecule has 0 aromatic carbocycles. The van der Waals surface area contributed by atoms with Crippen molar-refractivity contribution in [3.8, 4) is 0 Å². The Bertz CT molecular complexity index is 472. The van der Waals surface area contributed by atoms with E-state index in [0.29, 0.717) is 6.42 Å². The molecule has 0 unspecified atom stereocenters. The summed E-state index contributed by atoms with van der Waals surface area (Å²) < 4.78 is 25.0. The maximum atomic E-state index is 12.1. The van der Waals surface area contributed by atoms with Crippen LogP contribution in [0.4, 0.5) is 0 Å². The molecule has 0 atom stereocenters. The summed E-state index contributed by atoms with van der Waals surface area (Å²) in [7, 11) is -3.82. The van der Waals surface area contributed by atoms with E-state index < -0.39 is 22.5 Å². The van der Waals surface area contributed by atoms with Gasteiger partial charge in [-0.2, -0.15) is 4.31 Å². The fraction of sp³-hybridized carbons (Fsp3) is 0.400. The first-order valence-corrected chi connectivity index (χ1v) is 6.55. The van der Waals surface area contributed by atoms with Crippen molar-refractivity contribution in [1.29, 1.82) is 0 Å². The van der Waals surface area contributed by atoms with Gasteiger partial charge >= 0.3 is 5.97 Å². The van der Waals surface area contributed by atoms with E-state index in [1.807, 2.05) is 0 Å². The van der Waals surface area contributed by atoms with Crippen LogP contribution >= 0.6 is 0 Å². The SMILES string of the molecule is CCCN(CC(=O)O)S(=O)(=O)c1ccccn1. The van der Waals surface area contributed by atoms with E-state index in [2.05, 4.69) is 4.98 Å². The van der Waals surface area contributed by atoms with Gasteiger partial charge < -0.3 is 5.11 Å². The number of pyridine rings is 1. The minimum absolute atomic E-state index is 0.130. The van der Waals surface area contributed by atoms with Gasteiger partial charge in [-0.05, 0) is 18.6 Å². The zero-order valence-electron chi connectivity index (χ0n) is 9.41. The van der Waals surface area contributed by atoms with Crippen molar-refractivity contribution in [2.75, 3.05) is 13.1 Å². The molecule has 1 aromatic rings. The van der Waals surface area contributed by atoms with Crippen molar-refractivity contribution < 1.29 is 18.3 Å². The first-order valence-electron chi connectivity index (χ1n) is 5.11. The van der Waals surface area contributed by atoms with Gasteiger partial charge in [0.2, 0.25) is 0 Å². The molecular formula is C10H14N2O4S. The second-order valence-electron chi connectivity index (χ2n) is 3.40. The lowest BCUT2D eigenvalue weighted by Crippen LogP contribution is -2.36. The molecule has 0 aliphatic rings. The van der Waals surface area contributed by atoms with Gasteiger partial charge in [-0.15, -0.1) is 0 Å². The van der Waals surface area contributed by atoms with E-state index in [1.54, 1.807) is 19.1 Å². The minimum Gasteiger partial charge on any atom is -0.480 e. The molecule has 17 heavy (non-hydrogen) atoms. The molecule has 0 amide bonds. The van der Waals surface area contributed by atoms with Crippen LogP contribution in [0.2, 0.25) is 0 Å². The lowest BCUT2D eigenvalue weighted by atomic mass is 10.5. The third kappa shape index (κ3) is 3.50. The summed E-state index contributed by atoms with van der Waals surface area (Å²) in [6.45, 7) is 1.39. The molecule has 7 heteroatoms. The third-order valence-corrected chi connectivity index (χ3v) is 3.79. The molecule has 6 nitrogen and oxygen atoms in total. The van der Waals surface area contributed by atoms with Crippen molar-refractivity contribution in [3.05, 3.63) is 24.4 Å². The quantitative estimate of drug-likeness (QED) is 0.805. The Balaban J connectivity index is 3.04. The Kier molecular flexibility index (Phi) is 4.59. The Morgan fingerprint density at radius 1 is 1.47 bits per heavy atom. The van der Waals surface area contributed by atoms with Crippen LogP contribution in [0.15, 0.2) is 29.4 Å². The summed E-state index contributed by atoms with van der Waals surface area (Å²) >= 11 is 0. The van der Waals surface area contributed by atoms with Crippen LogP contribution in [0.3, 0.4) is 0 Å². The lowest BCUT2D eigenvalue weighted by molar-refractivity contribution is -0.137. The van der Waals surface area contributed by atoms with Crippen LogP contribution in [0.5, 0.6) is 0 Å². The van der Waals surface area contributed by atoms with E-state index in [-0.39, 0.29) is 11.6 Å². The topological polar surface area (TPSA) is 87.6 Å². The number of rotatable bonds is 6. The van der Waals surface area contributed by atoms with E-state index in [4.69, 9.17) is 5.11 Å². The van der Waals surface area contributed by atoms with Gasteiger partial charge in [0.1, 0.15) is 6.54 Å². The number of hydrogen-bond donors (Lipinski definition) is 1. The Morgan fingerprint density at radius 3 is 2.65 bits per heavy atom. The standard InChI is InChI=1S/C10H14N2O4S/c1-2-7-12(8-10(13)14)17(15,16)9-5-3-4-6-11-9/h3-6H,2,7-8H2,1H3,(H,13,14). The molecule has 94 valence electrons. The molecule has 1 heterocycles.